The normalized spacial score (nSPS) is 12.4. The standard InChI is InChI=1S/C18H21Cl2N/c1-3-10-21-18(11-14-6-4-13(2)5-7-14)15-8-9-16(19)17(20)12-15/h4-9,12,18,21H,3,10-11H2,1-2H3. The second-order valence-electron chi connectivity index (χ2n) is 5.37. The first-order valence-electron chi connectivity index (χ1n) is 7.34. The van der Waals surface area contributed by atoms with Gasteiger partial charge in [0.25, 0.3) is 0 Å². The molecule has 0 saturated heterocycles. The summed E-state index contributed by atoms with van der Waals surface area (Å²) < 4.78 is 0. The molecule has 0 saturated carbocycles. The zero-order valence-corrected chi connectivity index (χ0v) is 14.0. The summed E-state index contributed by atoms with van der Waals surface area (Å²) in [7, 11) is 0. The lowest BCUT2D eigenvalue weighted by atomic mass is 9.98. The molecule has 2 aromatic rings. The third-order valence-corrected chi connectivity index (χ3v) is 4.29. The van der Waals surface area contributed by atoms with Crippen LogP contribution in [0.1, 0.15) is 36.1 Å². The minimum atomic E-state index is 0.252. The van der Waals surface area contributed by atoms with Crippen LogP contribution in [0, 0.1) is 6.92 Å². The summed E-state index contributed by atoms with van der Waals surface area (Å²) >= 11 is 12.2. The molecule has 0 spiro atoms. The van der Waals surface area contributed by atoms with E-state index in [0.29, 0.717) is 10.0 Å². The molecule has 0 radical (unpaired) electrons. The average Bonchev–Trinajstić information content (AvgIpc) is 2.48. The van der Waals surface area contributed by atoms with Gasteiger partial charge in [0, 0.05) is 6.04 Å². The maximum atomic E-state index is 6.16. The molecule has 1 unspecified atom stereocenters. The van der Waals surface area contributed by atoms with Crippen molar-refractivity contribution in [3.05, 3.63) is 69.2 Å². The summed E-state index contributed by atoms with van der Waals surface area (Å²) in [6, 6.07) is 14.8. The quantitative estimate of drug-likeness (QED) is 0.731. The van der Waals surface area contributed by atoms with Crippen LogP contribution in [-0.2, 0) is 6.42 Å². The lowest BCUT2D eigenvalue weighted by Gasteiger charge is -2.20. The highest BCUT2D eigenvalue weighted by Gasteiger charge is 2.13. The smallest absolute Gasteiger partial charge is 0.0595 e. The highest BCUT2D eigenvalue weighted by Crippen LogP contribution is 2.27. The molecule has 21 heavy (non-hydrogen) atoms. The van der Waals surface area contributed by atoms with E-state index in [0.717, 1.165) is 19.4 Å². The van der Waals surface area contributed by atoms with Crippen molar-refractivity contribution in [2.75, 3.05) is 6.54 Å². The maximum absolute atomic E-state index is 6.16. The van der Waals surface area contributed by atoms with Gasteiger partial charge in [0.1, 0.15) is 0 Å². The van der Waals surface area contributed by atoms with Crippen LogP contribution in [0.4, 0.5) is 0 Å². The van der Waals surface area contributed by atoms with Gasteiger partial charge in [-0.15, -0.1) is 0 Å². The summed E-state index contributed by atoms with van der Waals surface area (Å²) in [6.45, 7) is 5.26. The Morgan fingerprint density at radius 2 is 1.71 bits per heavy atom. The van der Waals surface area contributed by atoms with E-state index in [4.69, 9.17) is 23.2 Å². The second-order valence-corrected chi connectivity index (χ2v) is 6.18. The van der Waals surface area contributed by atoms with E-state index < -0.39 is 0 Å². The number of hydrogen-bond donors (Lipinski definition) is 1. The summed E-state index contributed by atoms with van der Waals surface area (Å²) in [4.78, 5) is 0. The summed E-state index contributed by atoms with van der Waals surface area (Å²) in [5.74, 6) is 0. The van der Waals surface area contributed by atoms with Gasteiger partial charge in [0.2, 0.25) is 0 Å². The predicted octanol–water partition coefficient (Wildman–Crippen LogP) is 5.59. The molecule has 0 heterocycles. The minimum absolute atomic E-state index is 0.252. The minimum Gasteiger partial charge on any atom is -0.310 e. The van der Waals surface area contributed by atoms with Crippen molar-refractivity contribution < 1.29 is 0 Å². The van der Waals surface area contributed by atoms with Gasteiger partial charge in [0.15, 0.2) is 0 Å². The van der Waals surface area contributed by atoms with Crippen LogP contribution in [0.2, 0.25) is 10.0 Å². The van der Waals surface area contributed by atoms with Gasteiger partial charge in [-0.1, -0.05) is 66.0 Å². The van der Waals surface area contributed by atoms with Gasteiger partial charge in [-0.25, -0.2) is 0 Å². The Morgan fingerprint density at radius 1 is 1.00 bits per heavy atom. The second kappa shape index (κ2) is 7.84. The van der Waals surface area contributed by atoms with Crippen molar-refractivity contribution in [3.63, 3.8) is 0 Å². The van der Waals surface area contributed by atoms with E-state index in [1.165, 1.54) is 16.7 Å². The Labute approximate surface area is 137 Å². The fourth-order valence-electron chi connectivity index (χ4n) is 2.32. The van der Waals surface area contributed by atoms with Gasteiger partial charge in [0.05, 0.1) is 10.0 Å². The molecule has 112 valence electrons. The predicted molar refractivity (Wildman–Crippen MR) is 92.4 cm³/mol. The molecule has 0 fully saturated rings. The molecule has 3 heteroatoms. The number of aryl methyl sites for hydroxylation is 1. The molecular formula is C18H21Cl2N. The van der Waals surface area contributed by atoms with Gasteiger partial charge in [-0.05, 0) is 49.6 Å². The molecule has 0 aliphatic rings. The third kappa shape index (κ3) is 4.74. The van der Waals surface area contributed by atoms with E-state index in [2.05, 4.69) is 49.5 Å². The van der Waals surface area contributed by atoms with Crippen LogP contribution in [0.5, 0.6) is 0 Å². The number of nitrogens with one attached hydrogen (secondary N) is 1. The van der Waals surface area contributed by atoms with Crippen LogP contribution in [0.3, 0.4) is 0 Å². The first-order valence-corrected chi connectivity index (χ1v) is 8.09. The Kier molecular flexibility index (Phi) is 6.10. The molecule has 0 aromatic heterocycles. The molecule has 0 aliphatic carbocycles. The van der Waals surface area contributed by atoms with Gasteiger partial charge in [-0.3, -0.25) is 0 Å². The highest BCUT2D eigenvalue weighted by atomic mass is 35.5. The van der Waals surface area contributed by atoms with Crippen molar-refractivity contribution in [2.45, 2.75) is 32.7 Å². The van der Waals surface area contributed by atoms with Gasteiger partial charge >= 0.3 is 0 Å². The molecule has 1 N–H and O–H groups in total. The zero-order valence-electron chi connectivity index (χ0n) is 12.5. The van der Waals surface area contributed by atoms with Crippen molar-refractivity contribution in [3.8, 4) is 0 Å². The fourth-order valence-corrected chi connectivity index (χ4v) is 2.62. The van der Waals surface area contributed by atoms with Crippen molar-refractivity contribution in [1.82, 2.24) is 5.32 Å². The summed E-state index contributed by atoms with van der Waals surface area (Å²) in [6.07, 6.45) is 2.05. The topological polar surface area (TPSA) is 12.0 Å². The van der Waals surface area contributed by atoms with Crippen LogP contribution >= 0.6 is 23.2 Å². The largest absolute Gasteiger partial charge is 0.310 e. The number of halogens is 2. The molecule has 2 rings (SSSR count). The van der Waals surface area contributed by atoms with E-state index in [1.807, 2.05) is 12.1 Å². The first-order chi connectivity index (χ1) is 10.1. The Morgan fingerprint density at radius 3 is 2.33 bits per heavy atom. The monoisotopic (exact) mass is 321 g/mol. The SMILES string of the molecule is CCCNC(Cc1ccc(C)cc1)c1ccc(Cl)c(Cl)c1. The lowest BCUT2D eigenvalue weighted by Crippen LogP contribution is -2.24. The zero-order chi connectivity index (χ0) is 15.2. The van der Waals surface area contributed by atoms with Crippen LogP contribution in [-0.4, -0.2) is 6.54 Å². The lowest BCUT2D eigenvalue weighted by molar-refractivity contribution is 0.529. The van der Waals surface area contributed by atoms with Crippen LogP contribution in [0.15, 0.2) is 42.5 Å². The van der Waals surface area contributed by atoms with E-state index in [9.17, 15) is 0 Å². The van der Waals surface area contributed by atoms with E-state index >= 15 is 0 Å². The maximum Gasteiger partial charge on any atom is 0.0595 e. The molecule has 2 aromatic carbocycles. The molecule has 0 amide bonds. The van der Waals surface area contributed by atoms with E-state index in [1.54, 1.807) is 0 Å². The first kappa shape index (κ1) is 16.4. The molecule has 0 bridgehead atoms. The fraction of sp³-hybridized carbons (Fsp3) is 0.333. The Bertz CT molecular complexity index is 578. The van der Waals surface area contributed by atoms with Crippen LogP contribution < -0.4 is 5.32 Å². The molecule has 1 atom stereocenters. The van der Waals surface area contributed by atoms with Crippen molar-refractivity contribution >= 4 is 23.2 Å². The molecule has 0 aliphatic heterocycles. The number of hydrogen-bond acceptors (Lipinski definition) is 1. The van der Waals surface area contributed by atoms with Crippen LogP contribution in [0.25, 0.3) is 0 Å². The number of benzene rings is 2. The third-order valence-electron chi connectivity index (χ3n) is 3.55. The number of rotatable bonds is 6. The summed E-state index contributed by atoms with van der Waals surface area (Å²) in [5.41, 5.74) is 3.78. The van der Waals surface area contributed by atoms with Gasteiger partial charge in [-0.2, -0.15) is 0 Å². The molecular weight excluding hydrogens is 301 g/mol. The van der Waals surface area contributed by atoms with Crippen molar-refractivity contribution in [1.29, 1.82) is 0 Å². The average molecular weight is 322 g/mol. The van der Waals surface area contributed by atoms with E-state index in [-0.39, 0.29) is 6.04 Å². The Balaban J connectivity index is 2.20. The van der Waals surface area contributed by atoms with Crippen molar-refractivity contribution in [2.24, 2.45) is 0 Å². The Hall–Kier alpha value is -1.02. The molecule has 1 nitrogen and oxygen atoms in total. The van der Waals surface area contributed by atoms with Gasteiger partial charge < -0.3 is 5.32 Å². The summed E-state index contributed by atoms with van der Waals surface area (Å²) in [5, 5.41) is 4.81. The highest BCUT2D eigenvalue weighted by molar-refractivity contribution is 6.42.